The highest BCUT2D eigenvalue weighted by atomic mass is 32.2. The van der Waals surface area contributed by atoms with E-state index in [-0.39, 0.29) is 5.75 Å². The number of pyridine rings is 1. The fourth-order valence-corrected chi connectivity index (χ4v) is 1.68. The first-order valence-corrected chi connectivity index (χ1v) is 5.53. The third-order valence-corrected chi connectivity index (χ3v) is 2.74. The van der Waals surface area contributed by atoms with Crippen molar-refractivity contribution in [2.45, 2.75) is 11.1 Å². The van der Waals surface area contributed by atoms with Gasteiger partial charge < -0.3 is 11.1 Å². The van der Waals surface area contributed by atoms with E-state index >= 15 is 0 Å². The van der Waals surface area contributed by atoms with Gasteiger partial charge in [0.1, 0.15) is 6.54 Å². The van der Waals surface area contributed by atoms with Gasteiger partial charge >= 0.3 is 6.18 Å². The Bertz CT molecular complexity index is 397. The number of anilines is 1. The molecular weight excluding hydrogens is 255 g/mol. The van der Waals surface area contributed by atoms with Crippen molar-refractivity contribution in [3.05, 3.63) is 18.5 Å². The van der Waals surface area contributed by atoms with Gasteiger partial charge in [0, 0.05) is 11.1 Å². The first-order chi connectivity index (χ1) is 7.88. The molecule has 4 nitrogen and oxygen atoms in total. The largest absolute Gasteiger partial charge is 0.405 e. The molecule has 0 aliphatic carbocycles. The number of hydrogen-bond acceptors (Lipinski definition) is 4. The Labute approximate surface area is 99.8 Å². The van der Waals surface area contributed by atoms with Crippen LogP contribution in [0.3, 0.4) is 0 Å². The van der Waals surface area contributed by atoms with Gasteiger partial charge in [-0.1, -0.05) is 0 Å². The lowest BCUT2D eigenvalue weighted by atomic mass is 10.4. The molecule has 0 atom stereocenters. The van der Waals surface area contributed by atoms with E-state index in [9.17, 15) is 18.0 Å². The predicted octanol–water partition coefficient (Wildman–Crippen LogP) is 1.43. The fourth-order valence-electron chi connectivity index (χ4n) is 0.918. The summed E-state index contributed by atoms with van der Waals surface area (Å²) in [5.74, 6) is -0.812. The quantitative estimate of drug-likeness (QED) is 0.808. The summed E-state index contributed by atoms with van der Waals surface area (Å²) in [4.78, 5) is 15.5. The maximum atomic E-state index is 11.8. The smallest absolute Gasteiger partial charge is 0.397 e. The van der Waals surface area contributed by atoms with Crippen molar-refractivity contribution in [3.63, 3.8) is 0 Å². The highest BCUT2D eigenvalue weighted by Crippen LogP contribution is 2.23. The molecule has 1 heterocycles. The van der Waals surface area contributed by atoms with Crippen molar-refractivity contribution in [3.8, 4) is 0 Å². The van der Waals surface area contributed by atoms with Crippen molar-refractivity contribution in [2.75, 3.05) is 18.0 Å². The van der Waals surface area contributed by atoms with Gasteiger partial charge in [-0.3, -0.25) is 9.78 Å². The van der Waals surface area contributed by atoms with Crippen molar-refractivity contribution < 1.29 is 18.0 Å². The number of carbonyl (C=O) groups excluding carboxylic acids is 1. The Hall–Kier alpha value is -1.44. The van der Waals surface area contributed by atoms with Crippen LogP contribution in [0.15, 0.2) is 23.4 Å². The molecule has 0 saturated heterocycles. The molecule has 1 aromatic heterocycles. The minimum Gasteiger partial charge on any atom is -0.397 e. The van der Waals surface area contributed by atoms with E-state index in [1.807, 2.05) is 0 Å². The number of amides is 1. The molecule has 0 aliphatic heterocycles. The third-order valence-electron chi connectivity index (χ3n) is 1.65. The topological polar surface area (TPSA) is 68.0 Å². The van der Waals surface area contributed by atoms with Crippen molar-refractivity contribution in [2.24, 2.45) is 0 Å². The Balaban J connectivity index is 2.36. The van der Waals surface area contributed by atoms with Gasteiger partial charge in [-0.2, -0.15) is 13.2 Å². The molecule has 0 fully saturated rings. The second-order valence-electron chi connectivity index (χ2n) is 3.09. The summed E-state index contributed by atoms with van der Waals surface area (Å²) in [5, 5.41) is 1.77. The summed E-state index contributed by atoms with van der Waals surface area (Å²) < 4.78 is 35.4. The molecule has 0 spiro atoms. The minimum absolute atomic E-state index is 0.121. The molecule has 0 bridgehead atoms. The monoisotopic (exact) mass is 265 g/mol. The van der Waals surface area contributed by atoms with Crippen molar-refractivity contribution >= 4 is 23.4 Å². The minimum atomic E-state index is -4.39. The van der Waals surface area contributed by atoms with Crippen LogP contribution < -0.4 is 11.1 Å². The van der Waals surface area contributed by atoms with Crippen LogP contribution in [0.25, 0.3) is 0 Å². The third kappa shape index (κ3) is 5.43. The normalized spacial score (nSPS) is 11.2. The summed E-state index contributed by atoms with van der Waals surface area (Å²) >= 11 is 1.06. The van der Waals surface area contributed by atoms with Crippen LogP contribution >= 0.6 is 11.8 Å². The zero-order valence-electron chi connectivity index (χ0n) is 8.62. The first kappa shape index (κ1) is 13.6. The van der Waals surface area contributed by atoms with Crippen molar-refractivity contribution in [1.29, 1.82) is 0 Å². The molecule has 17 heavy (non-hydrogen) atoms. The van der Waals surface area contributed by atoms with Gasteiger partial charge in [0.05, 0.1) is 17.6 Å². The molecular formula is C9H10F3N3OS. The summed E-state index contributed by atoms with van der Waals surface area (Å²) in [6.45, 7) is -1.32. The molecule has 8 heteroatoms. The average molecular weight is 265 g/mol. The highest BCUT2D eigenvalue weighted by Gasteiger charge is 2.27. The van der Waals surface area contributed by atoms with E-state index in [0.29, 0.717) is 10.6 Å². The molecule has 0 saturated carbocycles. The fraction of sp³-hybridized carbons (Fsp3) is 0.333. The number of nitrogens with two attached hydrogens (primary N) is 1. The number of halogens is 3. The molecule has 0 aliphatic rings. The van der Waals surface area contributed by atoms with E-state index in [0.717, 1.165) is 11.8 Å². The van der Waals surface area contributed by atoms with Crippen LogP contribution in [-0.4, -0.2) is 29.4 Å². The molecule has 1 aromatic rings. The van der Waals surface area contributed by atoms with Crippen LogP contribution in [0.2, 0.25) is 0 Å². The molecule has 3 N–H and O–H groups in total. The van der Waals surface area contributed by atoms with Gasteiger partial charge in [-0.25, -0.2) is 0 Å². The highest BCUT2D eigenvalue weighted by molar-refractivity contribution is 8.00. The molecule has 0 aromatic carbocycles. The van der Waals surface area contributed by atoms with Gasteiger partial charge in [-0.05, 0) is 6.07 Å². The van der Waals surface area contributed by atoms with Crippen LogP contribution in [0, 0.1) is 0 Å². The van der Waals surface area contributed by atoms with Crippen LogP contribution in [-0.2, 0) is 4.79 Å². The maximum Gasteiger partial charge on any atom is 0.405 e. The van der Waals surface area contributed by atoms with Crippen LogP contribution in [0.5, 0.6) is 0 Å². The Morgan fingerprint density at radius 1 is 1.53 bits per heavy atom. The number of thioether (sulfide) groups is 1. The van der Waals surface area contributed by atoms with E-state index < -0.39 is 18.6 Å². The van der Waals surface area contributed by atoms with Gasteiger partial charge in [-0.15, -0.1) is 11.8 Å². The first-order valence-electron chi connectivity index (χ1n) is 4.54. The summed E-state index contributed by atoms with van der Waals surface area (Å²) in [6.07, 6.45) is -1.49. The van der Waals surface area contributed by atoms with E-state index in [1.165, 1.54) is 12.4 Å². The number of alkyl halides is 3. The Morgan fingerprint density at radius 3 is 2.82 bits per heavy atom. The van der Waals surface area contributed by atoms with E-state index in [1.54, 1.807) is 11.4 Å². The molecule has 1 amide bonds. The second kappa shape index (κ2) is 5.76. The lowest BCUT2D eigenvalue weighted by molar-refractivity contribution is -0.136. The Morgan fingerprint density at radius 2 is 2.24 bits per heavy atom. The van der Waals surface area contributed by atoms with E-state index in [2.05, 4.69) is 4.98 Å². The number of hydrogen-bond donors (Lipinski definition) is 2. The molecule has 0 unspecified atom stereocenters. The maximum absolute atomic E-state index is 11.8. The average Bonchev–Trinajstić information content (AvgIpc) is 2.24. The van der Waals surface area contributed by atoms with E-state index in [4.69, 9.17) is 5.73 Å². The number of nitrogens with one attached hydrogen (secondary N) is 1. The zero-order valence-corrected chi connectivity index (χ0v) is 9.44. The zero-order chi connectivity index (χ0) is 12.9. The Kier molecular flexibility index (Phi) is 4.62. The summed E-state index contributed by atoms with van der Waals surface area (Å²) in [6, 6.07) is 1.59. The SMILES string of the molecule is Nc1cnccc1SCC(=O)NCC(F)(F)F. The predicted molar refractivity (Wildman–Crippen MR) is 58.4 cm³/mol. The summed E-state index contributed by atoms with van der Waals surface area (Å²) in [5.41, 5.74) is 5.94. The number of nitrogen functional groups attached to an aromatic ring is 1. The second-order valence-corrected chi connectivity index (χ2v) is 4.11. The van der Waals surface area contributed by atoms with Gasteiger partial charge in [0.15, 0.2) is 0 Å². The molecule has 0 radical (unpaired) electrons. The lowest BCUT2D eigenvalue weighted by Gasteiger charge is -2.08. The molecule has 94 valence electrons. The number of aromatic nitrogens is 1. The summed E-state index contributed by atoms with van der Waals surface area (Å²) in [7, 11) is 0. The van der Waals surface area contributed by atoms with Gasteiger partial charge in [0.25, 0.3) is 0 Å². The van der Waals surface area contributed by atoms with Crippen LogP contribution in [0.1, 0.15) is 0 Å². The standard InChI is InChI=1S/C9H10F3N3OS/c10-9(11,12)5-15-8(16)4-17-7-1-2-14-3-6(7)13/h1-3H,4-5,13H2,(H,15,16). The lowest BCUT2D eigenvalue weighted by Crippen LogP contribution is -2.34. The number of nitrogens with zero attached hydrogens (tertiary/aromatic N) is 1. The number of carbonyl (C=O) groups is 1. The van der Waals surface area contributed by atoms with Crippen LogP contribution in [0.4, 0.5) is 18.9 Å². The van der Waals surface area contributed by atoms with Crippen molar-refractivity contribution in [1.82, 2.24) is 10.3 Å². The van der Waals surface area contributed by atoms with Gasteiger partial charge in [0.2, 0.25) is 5.91 Å². The molecule has 1 rings (SSSR count). The number of rotatable bonds is 4.